The van der Waals surface area contributed by atoms with Gasteiger partial charge in [0.15, 0.2) is 0 Å². The highest BCUT2D eigenvalue weighted by Crippen LogP contribution is 2.31. The molecule has 0 amide bonds. The van der Waals surface area contributed by atoms with Gasteiger partial charge in [-0.15, -0.1) is 0 Å². The molecule has 2 heterocycles. The van der Waals surface area contributed by atoms with Crippen LogP contribution in [0.5, 0.6) is 5.75 Å². The monoisotopic (exact) mass is 274 g/mol. The smallest absolute Gasteiger partial charge is 0.120 e. The van der Waals surface area contributed by atoms with E-state index in [0.717, 1.165) is 38.2 Å². The van der Waals surface area contributed by atoms with Gasteiger partial charge in [-0.25, -0.2) is 0 Å². The highest BCUT2D eigenvalue weighted by atomic mass is 16.5. The van der Waals surface area contributed by atoms with Crippen molar-refractivity contribution in [2.24, 2.45) is 0 Å². The highest BCUT2D eigenvalue weighted by Gasteiger charge is 2.32. The molecule has 1 unspecified atom stereocenters. The Labute approximate surface area is 122 Å². The summed E-state index contributed by atoms with van der Waals surface area (Å²) in [5, 5.41) is 3.46. The van der Waals surface area contributed by atoms with Gasteiger partial charge in [-0.1, -0.05) is 6.92 Å². The van der Waals surface area contributed by atoms with Crippen LogP contribution in [0.2, 0.25) is 0 Å². The minimum absolute atomic E-state index is 0.0371. The molecule has 110 valence electrons. The van der Waals surface area contributed by atoms with Crippen LogP contribution in [0.4, 0.5) is 5.69 Å². The van der Waals surface area contributed by atoms with Gasteiger partial charge in [-0.2, -0.15) is 0 Å². The van der Waals surface area contributed by atoms with Crippen LogP contribution < -0.4 is 10.1 Å². The molecule has 0 radical (unpaired) electrons. The molecule has 1 N–H and O–H groups in total. The molecular formula is C17H26N2O. The zero-order chi connectivity index (χ0) is 14.0. The summed E-state index contributed by atoms with van der Waals surface area (Å²) in [7, 11) is 0. The zero-order valence-electron chi connectivity index (χ0n) is 12.7. The van der Waals surface area contributed by atoms with E-state index in [1.165, 1.54) is 30.6 Å². The molecule has 1 saturated heterocycles. The molecule has 1 atom stereocenters. The average Bonchev–Trinajstić information content (AvgIpc) is 2.46. The first kappa shape index (κ1) is 13.7. The van der Waals surface area contributed by atoms with Gasteiger partial charge in [0.25, 0.3) is 0 Å². The number of hydrogen-bond donors (Lipinski definition) is 1. The maximum atomic E-state index is 6.37. The standard InChI is InChI=1S/C17H26N2O/c1-3-19-11-5-9-17(2,13-19)20-15-7-8-16-14(12-15)6-4-10-18-16/h7-8,12,18H,3-6,9-11,13H2,1-2H3. The largest absolute Gasteiger partial charge is 0.486 e. The molecule has 1 fully saturated rings. The second-order valence-electron chi connectivity index (χ2n) is 6.37. The van der Waals surface area contributed by atoms with Gasteiger partial charge in [0.1, 0.15) is 11.4 Å². The first-order valence-corrected chi connectivity index (χ1v) is 7.97. The van der Waals surface area contributed by atoms with Crippen LogP contribution in [-0.2, 0) is 6.42 Å². The van der Waals surface area contributed by atoms with Gasteiger partial charge in [-0.05, 0) is 69.5 Å². The van der Waals surface area contributed by atoms with Gasteiger partial charge >= 0.3 is 0 Å². The molecule has 3 rings (SSSR count). The number of nitrogens with one attached hydrogen (secondary N) is 1. The lowest BCUT2D eigenvalue weighted by Gasteiger charge is -2.40. The van der Waals surface area contributed by atoms with Crippen LogP contribution in [0.15, 0.2) is 18.2 Å². The van der Waals surface area contributed by atoms with Crippen LogP contribution in [-0.4, -0.2) is 36.7 Å². The minimum atomic E-state index is -0.0371. The number of anilines is 1. The zero-order valence-corrected chi connectivity index (χ0v) is 12.7. The topological polar surface area (TPSA) is 24.5 Å². The van der Waals surface area contributed by atoms with Crippen molar-refractivity contribution in [3.8, 4) is 5.75 Å². The van der Waals surface area contributed by atoms with Crippen molar-refractivity contribution in [3.05, 3.63) is 23.8 Å². The summed E-state index contributed by atoms with van der Waals surface area (Å²) in [5.74, 6) is 1.04. The predicted octanol–water partition coefficient (Wildman–Crippen LogP) is 3.30. The number of benzene rings is 1. The van der Waals surface area contributed by atoms with E-state index >= 15 is 0 Å². The van der Waals surface area contributed by atoms with Gasteiger partial charge in [0.05, 0.1) is 0 Å². The quantitative estimate of drug-likeness (QED) is 0.915. The summed E-state index contributed by atoms with van der Waals surface area (Å²) in [6.45, 7) is 8.95. The summed E-state index contributed by atoms with van der Waals surface area (Å²) >= 11 is 0. The molecule has 0 spiro atoms. The van der Waals surface area contributed by atoms with Crippen molar-refractivity contribution in [1.82, 2.24) is 4.90 Å². The van der Waals surface area contributed by atoms with Crippen molar-refractivity contribution in [1.29, 1.82) is 0 Å². The van der Waals surface area contributed by atoms with Crippen LogP contribution in [0.3, 0.4) is 0 Å². The fourth-order valence-corrected chi connectivity index (χ4v) is 3.46. The molecule has 2 aliphatic rings. The van der Waals surface area contributed by atoms with E-state index < -0.39 is 0 Å². The summed E-state index contributed by atoms with van der Waals surface area (Å²) in [4.78, 5) is 2.49. The number of piperidine rings is 1. The molecular weight excluding hydrogens is 248 g/mol. The van der Waals surface area contributed by atoms with E-state index in [1.54, 1.807) is 0 Å². The Morgan fingerprint density at radius 1 is 1.35 bits per heavy atom. The second-order valence-corrected chi connectivity index (χ2v) is 6.37. The van der Waals surface area contributed by atoms with E-state index in [0.29, 0.717) is 0 Å². The third-order valence-corrected chi connectivity index (χ3v) is 4.56. The Bertz CT molecular complexity index is 474. The molecule has 3 nitrogen and oxygen atoms in total. The summed E-state index contributed by atoms with van der Waals surface area (Å²) in [6, 6.07) is 6.53. The molecule has 20 heavy (non-hydrogen) atoms. The lowest BCUT2D eigenvalue weighted by Crippen LogP contribution is -2.49. The average molecular weight is 274 g/mol. The Kier molecular flexibility index (Phi) is 3.88. The number of aryl methyl sites for hydroxylation is 1. The van der Waals surface area contributed by atoms with E-state index in [2.05, 4.69) is 42.3 Å². The van der Waals surface area contributed by atoms with E-state index in [4.69, 9.17) is 4.74 Å². The second kappa shape index (κ2) is 5.65. The van der Waals surface area contributed by atoms with Crippen molar-refractivity contribution in [3.63, 3.8) is 0 Å². The van der Waals surface area contributed by atoms with Crippen LogP contribution >= 0.6 is 0 Å². The van der Waals surface area contributed by atoms with Crippen molar-refractivity contribution in [2.75, 3.05) is 31.5 Å². The van der Waals surface area contributed by atoms with Gasteiger partial charge in [0, 0.05) is 18.8 Å². The summed E-state index contributed by atoms with van der Waals surface area (Å²) < 4.78 is 6.37. The predicted molar refractivity (Wildman–Crippen MR) is 83.6 cm³/mol. The molecule has 0 aromatic heterocycles. The number of likely N-dealkylation sites (tertiary alicyclic amines) is 1. The number of ether oxygens (including phenoxy) is 1. The van der Waals surface area contributed by atoms with Crippen molar-refractivity contribution >= 4 is 5.69 Å². The van der Waals surface area contributed by atoms with Gasteiger partial charge in [0.2, 0.25) is 0 Å². The molecule has 0 saturated carbocycles. The molecule has 0 aliphatic carbocycles. The Morgan fingerprint density at radius 2 is 2.25 bits per heavy atom. The molecule has 1 aromatic rings. The fraction of sp³-hybridized carbons (Fsp3) is 0.647. The van der Waals surface area contributed by atoms with Crippen molar-refractivity contribution in [2.45, 2.75) is 45.1 Å². The third kappa shape index (κ3) is 2.93. The number of likely N-dealkylation sites (N-methyl/N-ethyl adjacent to an activating group) is 1. The molecule has 2 aliphatic heterocycles. The number of rotatable bonds is 3. The molecule has 3 heteroatoms. The van der Waals surface area contributed by atoms with Gasteiger partial charge in [-0.3, -0.25) is 4.90 Å². The number of nitrogens with zero attached hydrogens (tertiary/aromatic N) is 1. The highest BCUT2D eigenvalue weighted by molar-refractivity contribution is 5.55. The lowest BCUT2D eigenvalue weighted by atomic mass is 9.94. The minimum Gasteiger partial charge on any atom is -0.486 e. The Hall–Kier alpha value is -1.22. The number of hydrogen-bond acceptors (Lipinski definition) is 3. The van der Waals surface area contributed by atoms with Crippen LogP contribution in [0.25, 0.3) is 0 Å². The Morgan fingerprint density at radius 3 is 3.10 bits per heavy atom. The Balaban J connectivity index is 1.73. The molecule has 0 bridgehead atoms. The lowest BCUT2D eigenvalue weighted by molar-refractivity contribution is 0.00783. The number of fused-ring (bicyclic) bond motifs is 1. The van der Waals surface area contributed by atoms with E-state index in [9.17, 15) is 0 Å². The van der Waals surface area contributed by atoms with Crippen molar-refractivity contribution < 1.29 is 4.74 Å². The first-order chi connectivity index (χ1) is 9.68. The molecule has 1 aromatic carbocycles. The third-order valence-electron chi connectivity index (χ3n) is 4.56. The normalized spacial score (nSPS) is 26.7. The summed E-state index contributed by atoms with van der Waals surface area (Å²) in [5.41, 5.74) is 2.65. The van der Waals surface area contributed by atoms with E-state index in [1.807, 2.05) is 0 Å². The SMILES string of the molecule is CCN1CCCC(C)(Oc2ccc3c(c2)CCCN3)C1. The maximum Gasteiger partial charge on any atom is 0.120 e. The van der Waals surface area contributed by atoms with Crippen LogP contribution in [0.1, 0.15) is 38.7 Å². The van der Waals surface area contributed by atoms with E-state index in [-0.39, 0.29) is 5.60 Å². The fourth-order valence-electron chi connectivity index (χ4n) is 3.46. The maximum absolute atomic E-state index is 6.37. The first-order valence-electron chi connectivity index (χ1n) is 7.97. The summed E-state index contributed by atoms with van der Waals surface area (Å²) in [6.07, 6.45) is 4.77. The van der Waals surface area contributed by atoms with Crippen LogP contribution in [0, 0.1) is 0 Å². The van der Waals surface area contributed by atoms with Gasteiger partial charge < -0.3 is 10.1 Å².